The van der Waals surface area contributed by atoms with E-state index in [1.807, 2.05) is 27.7 Å². The molecular formula is C14H19ClO2. The lowest BCUT2D eigenvalue weighted by atomic mass is 9.97. The maximum Gasteiger partial charge on any atom is 0.165 e. The Balaban J connectivity index is 2.92. The molecule has 1 rings (SSSR count). The number of hydrogen-bond donors (Lipinski definition) is 0. The first-order chi connectivity index (χ1) is 7.95. The van der Waals surface area contributed by atoms with Gasteiger partial charge in [0, 0.05) is 11.5 Å². The van der Waals surface area contributed by atoms with E-state index in [0.717, 1.165) is 6.42 Å². The molecule has 17 heavy (non-hydrogen) atoms. The molecule has 0 aliphatic rings. The molecule has 0 aromatic heterocycles. The third-order valence-electron chi connectivity index (χ3n) is 2.64. The summed E-state index contributed by atoms with van der Waals surface area (Å²) in [7, 11) is 0. The van der Waals surface area contributed by atoms with Gasteiger partial charge >= 0.3 is 0 Å². The molecule has 0 amide bonds. The Hall–Kier alpha value is -1.02. The minimum Gasteiger partial charge on any atom is -0.489 e. The molecule has 0 saturated carbocycles. The molecule has 1 atom stereocenters. The average molecular weight is 255 g/mol. The van der Waals surface area contributed by atoms with Crippen molar-refractivity contribution in [1.29, 1.82) is 0 Å². The predicted octanol–water partition coefficient (Wildman–Crippen LogP) is 4.36. The van der Waals surface area contributed by atoms with Crippen LogP contribution in [0, 0.1) is 5.92 Å². The molecule has 1 aromatic carbocycles. The number of benzene rings is 1. The summed E-state index contributed by atoms with van der Waals surface area (Å²) in [5.41, 5.74) is 0.653. The first-order valence-electron chi connectivity index (χ1n) is 5.96. The summed E-state index contributed by atoms with van der Waals surface area (Å²) >= 11 is 6.09. The predicted molar refractivity (Wildman–Crippen MR) is 71.0 cm³/mol. The maximum absolute atomic E-state index is 12.0. The van der Waals surface area contributed by atoms with Crippen LogP contribution >= 0.6 is 11.6 Å². The van der Waals surface area contributed by atoms with Crippen LogP contribution in [-0.2, 0) is 0 Å². The molecule has 0 aliphatic heterocycles. The Labute approximate surface area is 108 Å². The van der Waals surface area contributed by atoms with Crippen LogP contribution in [0.2, 0.25) is 5.02 Å². The molecule has 0 spiro atoms. The van der Waals surface area contributed by atoms with Crippen LogP contribution in [0.5, 0.6) is 5.75 Å². The van der Waals surface area contributed by atoms with E-state index < -0.39 is 0 Å². The van der Waals surface area contributed by atoms with Crippen molar-refractivity contribution in [3.63, 3.8) is 0 Å². The highest BCUT2D eigenvalue weighted by Crippen LogP contribution is 2.27. The second-order valence-corrected chi connectivity index (χ2v) is 4.89. The van der Waals surface area contributed by atoms with Gasteiger partial charge in [-0.1, -0.05) is 25.4 Å². The Morgan fingerprint density at radius 2 is 2.00 bits per heavy atom. The van der Waals surface area contributed by atoms with Crippen molar-refractivity contribution in [3.8, 4) is 5.75 Å². The number of ether oxygens (including phenoxy) is 1. The lowest BCUT2D eigenvalue weighted by molar-refractivity contribution is 0.0927. The molecule has 0 heterocycles. The van der Waals surface area contributed by atoms with Crippen molar-refractivity contribution in [2.75, 3.05) is 0 Å². The number of rotatable bonds is 5. The lowest BCUT2D eigenvalue weighted by Gasteiger charge is -2.13. The van der Waals surface area contributed by atoms with Gasteiger partial charge in [0.15, 0.2) is 5.78 Å². The van der Waals surface area contributed by atoms with E-state index in [4.69, 9.17) is 16.3 Å². The normalized spacial score (nSPS) is 12.6. The van der Waals surface area contributed by atoms with E-state index in [-0.39, 0.29) is 17.8 Å². The minimum absolute atomic E-state index is 0.0305. The first-order valence-corrected chi connectivity index (χ1v) is 6.34. The fraction of sp³-hybridized carbons (Fsp3) is 0.500. The van der Waals surface area contributed by atoms with Crippen LogP contribution in [-0.4, -0.2) is 11.9 Å². The molecule has 1 aromatic rings. The third-order valence-corrected chi connectivity index (χ3v) is 2.93. The summed E-state index contributed by atoms with van der Waals surface area (Å²) in [4.78, 5) is 12.0. The van der Waals surface area contributed by atoms with Gasteiger partial charge in [0.2, 0.25) is 0 Å². The van der Waals surface area contributed by atoms with Crippen molar-refractivity contribution < 1.29 is 9.53 Å². The van der Waals surface area contributed by atoms with Crippen molar-refractivity contribution in [2.24, 2.45) is 5.92 Å². The van der Waals surface area contributed by atoms with E-state index in [1.54, 1.807) is 18.2 Å². The van der Waals surface area contributed by atoms with Crippen LogP contribution in [0.25, 0.3) is 0 Å². The highest BCUT2D eigenvalue weighted by atomic mass is 35.5. The largest absolute Gasteiger partial charge is 0.489 e. The molecular weight excluding hydrogens is 236 g/mol. The van der Waals surface area contributed by atoms with E-state index in [0.29, 0.717) is 16.3 Å². The molecule has 0 N–H and O–H groups in total. The van der Waals surface area contributed by atoms with Gasteiger partial charge in [-0.25, -0.2) is 0 Å². The van der Waals surface area contributed by atoms with Crippen LogP contribution in [0.15, 0.2) is 18.2 Å². The van der Waals surface area contributed by atoms with Gasteiger partial charge in [-0.2, -0.15) is 0 Å². The van der Waals surface area contributed by atoms with E-state index in [2.05, 4.69) is 0 Å². The fourth-order valence-electron chi connectivity index (χ4n) is 1.47. The van der Waals surface area contributed by atoms with Crippen LogP contribution in [0.4, 0.5) is 0 Å². The van der Waals surface area contributed by atoms with Crippen molar-refractivity contribution in [2.45, 2.75) is 40.2 Å². The monoisotopic (exact) mass is 254 g/mol. The fourth-order valence-corrected chi connectivity index (χ4v) is 1.70. The topological polar surface area (TPSA) is 26.3 Å². The number of carbonyl (C=O) groups is 1. The lowest BCUT2D eigenvalue weighted by Crippen LogP contribution is -2.11. The molecule has 0 fully saturated rings. The van der Waals surface area contributed by atoms with E-state index in [1.165, 1.54) is 0 Å². The molecule has 94 valence electrons. The van der Waals surface area contributed by atoms with E-state index in [9.17, 15) is 4.79 Å². The Bertz CT molecular complexity index is 399. The standard InChI is InChI=1S/C14H19ClO2/c1-5-10(4)14(16)11-6-7-13(12(15)8-11)17-9(2)3/h6-10H,5H2,1-4H3/t10-/m1/s1. The first kappa shape index (κ1) is 14.0. The number of ketones is 1. The van der Waals surface area contributed by atoms with Crippen molar-refractivity contribution >= 4 is 17.4 Å². The minimum atomic E-state index is 0.0305. The second-order valence-electron chi connectivity index (χ2n) is 4.49. The molecule has 3 heteroatoms. The third kappa shape index (κ3) is 3.74. The molecule has 0 saturated heterocycles. The summed E-state index contributed by atoms with van der Waals surface area (Å²) in [6.07, 6.45) is 0.907. The summed E-state index contributed by atoms with van der Waals surface area (Å²) < 4.78 is 5.52. The number of Topliss-reactive ketones (excluding diaryl/α,β-unsaturated/α-hetero) is 1. The Morgan fingerprint density at radius 1 is 1.35 bits per heavy atom. The van der Waals surface area contributed by atoms with Crippen molar-refractivity contribution in [3.05, 3.63) is 28.8 Å². The highest BCUT2D eigenvalue weighted by molar-refractivity contribution is 6.32. The number of carbonyl (C=O) groups excluding carboxylic acids is 1. The second kappa shape index (κ2) is 6.06. The number of halogens is 1. The zero-order valence-corrected chi connectivity index (χ0v) is 11.5. The molecule has 2 nitrogen and oxygen atoms in total. The van der Waals surface area contributed by atoms with Crippen LogP contribution in [0.1, 0.15) is 44.5 Å². The molecule has 0 aliphatic carbocycles. The quantitative estimate of drug-likeness (QED) is 0.730. The summed E-state index contributed by atoms with van der Waals surface area (Å²) in [5.74, 6) is 0.788. The summed E-state index contributed by atoms with van der Waals surface area (Å²) in [5, 5.41) is 0.493. The average Bonchev–Trinajstić information content (AvgIpc) is 2.29. The Morgan fingerprint density at radius 3 is 2.47 bits per heavy atom. The van der Waals surface area contributed by atoms with Crippen molar-refractivity contribution in [1.82, 2.24) is 0 Å². The SMILES string of the molecule is CC[C@@H](C)C(=O)c1ccc(OC(C)C)c(Cl)c1. The van der Waals surface area contributed by atoms with E-state index >= 15 is 0 Å². The Kier molecular flexibility index (Phi) is 5.01. The molecule has 0 bridgehead atoms. The zero-order valence-electron chi connectivity index (χ0n) is 10.8. The zero-order chi connectivity index (χ0) is 13.0. The van der Waals surface area contributed by atoms with Crippen LogP contribution in [0.3, 0.4) is 0 Å². The maximum atomic E-state index is 12.0. The van der Waals surface area contributed by atoms with Gasteiger partial charge in [-0.15, -0.1) is 0 Å². The smallest absolute Gasteiger partial charge is 0.165 e. The van der Waals surface area contributed by atoms with Gasteiger partial charge in [-0.3, -0.25) is 4.79 Å². The highest BCUT2D eigenvalue weighted by Gasteiger charge is 2.15. The van der Waals surface area contributed by atoms with Gasteiger partial charge in [-0.05, 0) is 38.5 Å². The van der Waals surface area contributed by atoms with Gasteiger partial charge in [0.25, 0.3) is 0 Å². The number of hydrogen-bond acceptors (Lipinski definition) is 2. The van der Waals surface area contributed by atoms with Gasteiger partial charge in [0.05, 0.1) is 11.1 Å². The van der Waals surface area contributed by atoms with Gasteiger partial charge < -0.3 is 4.74 Å². The summed E-state index contributed by atoms with van der Waals surface area (Å²) in [6, 6.07) is 5.23. The molecule has 0 radical (unpaired) electrons. The van der Waals surface area contributed by atoms with Gasteiger partial charge in [0.1, 0.15) is 5.75 Å². The molecule has 0 unspecified atom stereocenters. The van der Waals surface area contributed by atoms with Crippen LogP contribution < -0.4 is 4.74 Å². The summed E-state index contributed by atoms with van der Waals surface area (Å²) in [6.45, 7) is 7.80.